The molecule has 0 radical (unpaired) electrons. The van der Waals surface area contributed by atoms with E-state index in [1.54, 1.807) is 24.3 Å². The minimum Gasteiger partial charge on any atom is -0.462 e. The van der Waals surface area contributed by atoms with E-state index in [1.165, 1.54) is 0 Å². The molecule has 2 aromatic carbocycles. The van der Waals surface area contributed by atoms with Crippen LogP contribution in [0.3, 0.4) is 0 Å². The Balaban J connectivity index is 1.56. The molecule has 6 heteroatoms. The molecule has 0 aliphatic heterocycles. The lowest BCUT2D eigenvalue weighted by Gasteiger charge is -2.18. The summed E-state index contributed by atoms with van der Waals surface area (Å²) in [4.78, 5) is 24.2. The molecule has 0 saturated carbocycles. The summed E-state index contributed by atoms with van der Waals surface area (Å²) in [6.07, 6.45) is 1.68. The minimum atomic E-state index is -0.645. The third-order valence-corrected chi connectivity index (χ3v) is 4.60. The highest BCUT2D eigenvalue weighted by molar-refractivity contribution is 5.92. The summed E-state index contributed by atoms with van der Waals surface area (Å²) in [5, 5.41) is 15.8. The molecule has 0 aromatic heterocycles. The van der Waals surface area contributed by atoms with Crippen molar-refractivity contribution in [2.45, 2.75) is 38.3 Å². The molecule has 0 saturated heterocycles. The number of unbranched alkanes of at least 4 members (excludes halogenated alkanes) is 1. The Bertz CT molecular complexity index is 804. The number of rotatable bonds is 6. The number of hydrogen-bond acceptors (Lipinski definition) is 4. The average molecular weight is 368 g/mol. The SMILES string of the molecule is CCCCOC(=O)c1ccc(NC(=O)N[C@@H]2c3ccccc3C[C@@H]2O)cc1. The summed E-state index contributed by atoms with van der Waals surface area (Å²) >= 11 is 0. The molecule has 0 unspecified atom stereocenters. The number of fused-ring (bicyclic) bond motifs is 1. The van der Waals surface area contributed by atoms with Gasteiger partial charge in [0.25, 0.3) is 0 Å². The fourth-order valence-corrected chi connectivity index (χ4v) is 3.14. The maximum absolute atomic E-state index is 12.3. The first-order valence-electron chi connectivity index (χ1n) is 9.19. The molecule has 3 N–H and O–H groups in total. The van der Waals surface area contributed by atoms with E-state index in [0.29, 0.717) is 24.3 Å². The number of aliphatic hydroxyl groups excluding tert-OH is 1. The number of esters is 1. The highest BCUT2D eigenvalue weighted by Crippen LogP contribution is 2.31. The maximum atomic E-state index is 12.3. The van der Waals surface area contributed by atoms with Crippen molar-refractivity contribution in [3.8, 4) is 0 Å². The van der Waals surface area contributed by atoms with Crippen molar-refractivity contribution in [2.24, 2.45) is 0 Å². The van der Waals surface area contributed by atoms with Crippen LogP contribution in [0.2, 0.25) is 0 Å². The van der Waals surface area contributed by atoms with Gasteiger partial charge < -0.3 is 20.5 Å². The number of anilines is 1. The Morgan fingerprint density at radius 2 is 1.89 bits per heavy atom. The summed E-state index contributed by atoms with van der Waals surface area (Å²) in [7, 11) is 0. The van der Waals surface area contributed by atoms with E-state index in [1.807, 2.05) is 31.2 Å². The summed E-state index contributed by atoms with van der Waals surface area (Å²) in [5.41, 5.74) is 2.97. The number of carbonyl (C=O) groups excluding carboxylic acids is 2. The minimum absolute atomic E-state index is 0.370. The average Bonchev–Trinajstić information content (AvgIpc) is 2.98. The van der Waals surface area contributed by atoms with Crippen molar-refractivity contribution in [3.63, 3.8) is 0 Å². The molecule has 0 fully saturated rings. The van der Waals surface area contributed by atoms with Gasteiger partial charge in [0.05, 0.1) is 24.3 Å². The quantitative estimate of drug-likeness (QED) is 0.538. The molecular formula is C21H24N2O4. The Hall–Kier alpha value is -2.86. The number of amides is 2. The van der Waals surface area contributed by atoms with Gasteiger partial charge in [-0.25, -0.2) is 9.59 Å². The molecule has 2 amide bonds. The molecular weight excluding hydrogens is 344 g/mol. The molecule has 1 aliphatic rings. The highest BCUT2D eigenvalue weighted by atomic mass is 16.5. The summed E-state index contributed by atoms with van der Waals surface area (Å²) in [5.74, 6) is -0.370. The largest absolute Gasteiger partial charge is 0.462 e. The number of benzene rings is 2. The van der Waals surface area contributed by atoms with Crippen LogP contribution in [0.15, 0.2) is 48.5 Å². The standard InChI is InChI=1S/C21H24N2O4/c1-2-3-12-27-20(25)14-8-10-16(11-9-14)22-21(26)23-19-17-7-5-4-6-15(17)13-18(19)24/h4-11,18-19,24H,2-3,12-13H2,1H3,(H2,22,23,26)/t18-,19+/m0/s1. The van der Waals surface area contributed by atoms with Gasteiger partial charge in [0.15, 0.2) is 0 Å². The van der Waals surface area contributed by atoms with E-state index in [9.17, 15) is 14.7 Å². The number of hydrogen-bond donors (Lipinski definition) is 3. The van der Waals surface area contributed by atoms with Gasteiger partial charge >= 0.3 is 12.0 Å². The van der Waals surface area contributed by atoms with Crippen LogP contribution in [0.5, 0.6) is 0 Å². The second-order valence-electron chi connectivity index (χ2n) is 6.61. The van der Waals surface area contributed by atoms with Crippen LogP contribution in [-0.2, 0) is 11.2 Å². The lowest BCUT2D eigenvalue weighted by Crippen LogP contribution is -2.36. The molecule has 0 bridgehead atoms. The molecule has 142 valence electrons. The van der Waals surface area contributed by atoms with Crippen molar-refractivity contribution in [2.75, 3.05) is 11.9 Å². The molecule has 3 rings (SSSR count). The van der Waals surface area contributed by atoms with Crippen molar-refractivity contribution >= 4 is 17.7 Å². The second kappa shape index (κ2) is 8.68. The molecule has 0 heterocycles. The van der Waals surface area contributed by atoms with Gasteiger partial charge in [0.2, 0.25) is 0 Å². The Morgan fingerprint density at radius 3 is 2.63 bits per heavy atom. The third-order valence-electron chi connectivity index (χ3n) is 4.60. The maximum Gasteiger partial charge on any atom is 0.338 e. The monoisotopic (exact) mass is 368 g/mol. The Morgan fingerprint density at radius 1 is 1.15 bits per heavy atom. The molecule has 0 spiro atoms. The molecule has 2 atom stereocenters. The van der Waals surface area contributed by atoms with Crippen molar-refractivity contribution in [1.29, 1.82) is 0 Å². The number of aliphatic hydroxyl groups is 1. The zero-order valence-electron chi connectivity index (χ0n) is 15.3. The lowest BCUT2D eigenvalue weighted by molar-refractivity contribution is 0.0499. The fourth-order valence-electron chi connectivity index (χ4n) is 3.14. The summed E-state index contributed by atoms with van der Waals surface area (Å²) in [6, 6.07) is 13.4. The van der Waals surface area contributed by atoms with E-state index >= 15 is 0 Å². The smallest absolute Gasteiger partial charge is 0.338 e. The number of carbonyl (C=O) groups is 2. The topological polar surface area (TPSA) is 87.7 Å². The van der Waals surface area contributed by atoms with E-state index < -0.39 is 18.2 Å². The van der Waals surface area contributed by atoms with Gasteiger partial charge in [0.1, 0.15) is 0 Å². The van der Waals surface area contributed by atoms with E-state index in [0.717, 1.165) is 24.0 Å². The van der Waals surface area contributed by atoms with E-state index in [-0.39, 0.29) is 5.97 Å². The van der Waals surface area contributed by atoms with E-state index in [4.69, 9.17) is 4.74 Å². The summed E-state index contributed by atoms with van der Waals surface area (Å²) in [6.45, 7) is 2.44. The van der Waals surface area contributed by atoms with Crippen molar-refractivity contribution in [3.05, 3.63) is 65.2 Å². The Kier molecular flexibility index (Phi) is 6.08. The van der Waals surface area contributed by atoms with Gasteiger partial charge in [-0.05, 0) is 41.8 Å². The number of ether oxygens (including phenoxy) is 1. The first-order chi connectivity index (χ1) is 13.1. The molecule has 27 heavy (non-hydrogen) atoms. The Labute approximate surface area is 158 Å². The van der Waals surface area contributed by atoms with Crippen LogP contribution >= 0.6 is 0 Å². The van der Waals surface area contributed by atoms with E-state index in [2.05, 4.69) is 10.6 Å². The van der Waals surface area contributed by atoms with Crippen molar-refractivity contribution < 1.29 is 19.4 Å². The molecule has 1 aliphatic carbocycles. The van der Waals surface area contributed by atoms with Crippen LogP contribution in [0.1, 0.15) is 47.3 Å². The normalized spacial score (nSPS) is 17.9. The lowest BCUT2D eigenvalue weighted by atomic mass is 10.1. The molecule has 2 aromatic rings. The van der Waals surface area contributed by atoms with Gasteiger partial charge in [-0.1, -0.05) is 37.6 Å². The van der Waals surface area contributed by atoms with Crippen LogP contribution in [-0.4, -0.2) is 29.8 Å². The van der Waals surface area contributed by atoms with Gasteiger partial charge in [-0.3, -0.25) is 0 Å². The van der Waals surface area contributed by atoms with Gasteiger partial charge in [-0.15, -0.1) is 0 Å². The zero-order valence-corrected chi connectivity index (χ0v) is 15.3. The highest BCUT2D eigenvalue weighted by Gasteiger charge is 2.31. The number of urea groups is 1. The summed E-state index contributed by atoms with van der Waals surface area (Å²) < 4.78 is 5.16. The number of nitrogens with one attached hydrogen (secondary N) is 2. The van der Waals surface area contributed by atoms with Gasteiger partial charge in [-0.2, -0.15) is 0 Å². The fraction of sp³-hybridized carbons (Fsp3) is 0.333. The van der Waals surface area contributed by atoms with Crippen LogP contribution < -0.4 is 10.6 Å². The van der Waals surface area contributed by atoms with Gasteiger partial charge in [0, 0.05) is 12.1 Å². The second-order valence-corrected chi connectivity index (χ2v) is 6.61. The van der Waals surface area contributed by atoms with Crippen LogP contribution in [0, 0.1) is 0 Å². The first-order valence-corrected chi connectivity index (χ1v) is 9.19. The predicted molar refractivity (Wildman–Crippen MR) is 103 cm³/mol. The zero-order chi connectivity index (χ0) is 19.2. The molecule has 6 nitrogen and oxygen atoms in total. The predicted octanol–water partition coefficient (Wildman–Crippen LogP) is 3.42. The van der Waals surface area contributed by atoms with Crippen molar-refractivity contribution in [1.82, 2.24) is 5.32 Å². The third kappa shape index (κ3) is 4.65. The van der Waals surface area contributed by atoms with Crippen LogP contribution in [0.25, 0.3) is 0 Å². The van der Waals surface area contributed by atoms with Crippen LogP contribution in [0.4, 0.5) is 10.5 Å². The first kappa shape index (κ1) is 18.9.